The third kappa shape index (κ3) is 2.47. The van der Waals surface area contributed by atoms with Crippen molar-refractivity contribution in [2.24, 2.45) is 0 Å². The summed E-state index contributed by atoms with van der Waals surface area (Å²) in [5.74, 6) is 0.811. The van der Waals surface area contributed by atoms with Crippen LogP contribution in [0.4, 0.5) is 0 Å². The highest BCUT2D eigenvalue weighted by molar-refractivity contribution is 8.01. The van der Waals surface area contributed by atoms with Gasteiger partial charge < -0.3 is 10.2 Å². The molecule has 2 aliphatic heterocycles. The summed E-state index contributed by atoms with van der Waals surface area (Å²) in [5.41, 5.74) is 0.678. The summed E-state index contributed by atoms with van der Waals surface area (Å²) in [7, 11) is 0. The van der Waals surface area contributed by atoms with Crippen LogP contribution in [0.3, 0.4) is 0 Å². The third-order valence-electron chi connectivity index (χ3n) is 5.60. The van der Waals surface area contributed by atoms with Crippen LogP contribution in [0.25, 0.3) is 0 Å². The molecule has 0 spiro atoms. The SMILES string of the molecule is Cc1csc(C2(NC(=O)[C@H]3CS[C@@]4(C)CCC(=O)N34)CCCC2)n1. The summed E-state index contributed by atoms with van der Waals surface area (Å²) >= 11 is 3.38. The normalized spacial score (nSPS) is 31.5. The maximum Gasteiger partial charge on any atom is 0.244 e. The Labute approximate surface area is 150 Å². The van der Waals surface area contributed by atoms with E-state index in [-0.39, 0.29) is 28.3 Å². The topological polar surface area (TPSA) is 62.3 Å². The molecule has 2 amide bonds. The minimum Gasteiger partial charge on any atom is -0.342 e. The summed E-state index contributed by atoms with van der Waals surface area (Å²) in [6.07, 6.45) is 5.51. The standard InChI is InChI=1S/C17H23N3O2S2/c1-11-9-23-15(18-11)17(6-3-4-7-17)19-14(22)12-10-24-16(2)8-5-13(21)20(12)16/h9,12H,3-8,10H2,1-2H3,(H,19,22)/t12-,16+/m1/s1. The fraction of sp³-hybridized carbons (Fsp3) is 0.706. The number of fused-ring (bicyclic) bond motifs is 1. The Morgan fingerprint density at radius 1 is 1.38 bits per heavy atom. The van der Waals surface area contributed by atoms with Gasteiger partial charge in [-0.25, -0.2) is 4.98 Å². The van der Waals surface area contributed by atoms with Gasteiger partial charge in [-0.05, 0) is 33.1 Å². The fourth-order valence-corrected chi connectivity index (χ4v) is 6.72. The van der Waals surface area contributed by atoms with Crippen molar-refractivity contribution in [3.05, 3.63) is 16.1 Å². The molecule has 2 saturated heterocycles. The Balaban J connectivity index is 1.57. The van der Waals surface area contributed by atoms with Crippen molar-refractivity contribution in [2.45, 2.75) is 68.8 Å². The van der Waals surface area contributed by atoms with Gasteiger partial charge in [-0.15, -0.1) is 23.1 Å². The van der Waals surface area contributed by atoms with Crippen LogP contribution in [-0.4, -0.2) is 38.4 Å². The zero-order valence-corrected chi connectivity index (χ0v) is 15.8. The lowest BCUT2D eigenvalue weighted by atomic mass is 9.97. The number of carbonyl (C=O) groups excluding carboxylic acids is 2. The fourth-order valence-electron chi connectivity index (χ4n) is 4.28. The number of hydrogen-bond donors (Lipinski definition) is 1. The van der Waals surface area contributed by atoms with Gasteiger partial charge in [0, 0.05) is 23.2 Å². The second-order valence-electron chi connectivity index (χ2n) is 7.34. The Morgan fingerprint density at radius 2 is 2.12 bits per heavy atom. The molecule has 1 saturated carbocycles. The summed E-state index contributed by atoms with van der Waals surface area (Å²) in [6.45, 7) is 4.08. The van der Waals surface area contributed by atoms with Crippen molar-refractivity contribution in [1.82, 2.24) is 15.2 Å². The van der Waals surface area contributed by atoms with E-state index >= 15 is 0 Å². The molecule has 1 aromatic rings. The van der Waals surface area contributed by atoms with Gasteiger partial charge in [0.2, 0.25) is 11.8 Å². The van der Waals surface area contributed by atoms with Crippen molar-refractivity contribution in [3.8, 4) is 0 Å². The lowest BCUT2D eigenvalue weighted by Gasteiger charge is -2.33. The molecule has 1 aliphatic carbocycles. The van der Waals surface area contributed by atoms with Crippen molar-refractivity contribution in [1.29, 1.82) is 0 Å². The number of aryl methyl sites for hydroxylation is 1. The van der Waals surface area contributed by atoms with Crippen LogP contribution in [0.2, 0.25) is 0 Å². The van der Waals surface area contributed by atoms with Gasteiger partial charge in [-0.3, -0.25) is 9.59 Å². The largest absolute Gasteiger partial charge is 0.342 e. The number of thiazole rings is 1. The van der Waals surface area contributed by atoms with Gasteiger partial charge in [0.15, 0.2) is 0 Å². The molecular weight excluding hydrogens is 342 g/mol. The smallest absolute Gasteiger partial charge is 0.244 e. The first-order valence-corrected chi connectivity index (χ1v) is 10.5. The molecule has 0 radical (unpaired) electrons. The second-order valence-corrected chi connectivity index (χ2v) is 9.70. The van der Waals surface area contributed by atoms with Crippen LogP contribution in [-0.2, 0) is 15.1 Å². The van der Waals surface area contributed by atoms with Crippen molar-refractivity contribution >= 4 is 34.9 Å². The van der Waals surface area contributed by atoms with Gasteiger partial charge in [-0.1, -0.05) is 12.8 Å². The number of aromatic nitrogens is 1. The second kappa shape index (κ2) is 5.73. The first-order chi connectivity index (χ1) is 11.4. The van der Waals surface area contributed by atoms with E-state index in [1.807, 2.05) is 17.2 Å². The maximum absolute atomic E-state index is 13.1. The molecule has 1 aromatic heterocycles. The Bertz CT molecular complexity index is 683. The quantitative estimate of drug-likeness (QED) is 0.895. The van der Waals surface area contributed by atoms with E-state index in [9.17, 15) is 9.59 Å². The number of hydrogen-bond acceptors (Lipinski definition) is 5. The number of amides is 2. The highest BCUT2D eigenvalue weighted by Crippen LogP contribution is 2.48. The van der Waals surface area contributed by atoms with E-state index in [1.54, 1.807) is 23.1 Å². The average Bonchev–Trinajstić information content (AvgIpc) is 3.27. The minimum absolute atomic E-state index is 0.00349. The third-order valence-corrected chi connectivity index (χ3v) is 8.26. The highest BCUT2D eigenvalue weighted by Gasteiger charge is 2.54. The van der Waals surface area contributed by atoms with Gasteiger partial charge >= 0.3 is 0 Å². The zero-order chi connectivity index (χ0) is 16.9. The molecule has 7 heteroatoms. The van der Waals surface area contributed by atoms with Crippen LogP contribution in [0, 0.1) is 6.92 Å². The number of carbonyl (C=O) groups is 2. The summed E-state index contributed by atoms with van der Waals surface area (Å²) in [5, 5.41) is 6.39. The number of nitrogens with one attached hydrogen (secondary N) is 1. The molecule has 2 atom stereocenters. The zero-order valence-electron chi connectivity index (χ0n) is 14.1. The maximum atomic E-state index is 13.1. The van der Waals surface area contributed by atoms with Gasteiger partial charge in [-0.2, -0.15) is 0 Å². The van der Waals surface area contributed by atoms with E-state index in [0.29, 0.717) is 12.2 Å². The molecule has 3 aliphatic rings. The number of rotatable bonds is 3. The molecule has 4 rings (SSSR count). The summed E-state index contributed by atoms with van der Waals surface area (Å²) < 4.78 is 0. The van der Waals surface area contributed by atoms with Crippen LogP contribution < -0.4 is 5.32 Å². The Hall–Kier alpha value is -1.08. The van der Waals surface area contributed by atoms with Gasteiger partial charge in [0.25, 0.3) is 0 Å². The molecule has 0 aromatic carbocycles. The van der Waals surface area contributed by atoms with Crippen LogP contribution >= 0.6 is 23.1 Å². The molecule has 130 valence electrons. The average molecular weight is 366 g/mol. The first-order valence-electron chi connectivity index (χ1n) is 8.64. The molecule has 24 heavy (non-hydrogen) atoms. The van der Waals surface area contributed by atoms with Gasteiger partial charge in [0.1, 0.15) is 11.0 Å². The van der Waals surface area contributed by atoms with E-state index in [1.165, 1.54) is 0 Å². The Kier molecular flexibility index (Phi) is 3.91. The molecular formula is C17H23N3O2S2. The number of thioether (sulfide) groups is 1. The molecule has 3 fully saturated rings. The molecule has 3 heterocycles. The van der Waals surface area contributed by atoms with E-state index in [4.69, 9.17) is 0 Å². The highest BCUT2D eigenvalue weighted by atomic mass is 32.2. The first kappa shape index (κ1) is 16.4. The minimum atomic E-state index is -0.339. The van der Waals surface area contributed by atoms with Crippen molar-refractivity contribution < 1.29 is 9.59 Å². The monoisotopic (exact) mass is 365 g/mol. The lowest BCUT2D eigenvalue weighted by Crippen LogP contribution is -2.54. The van der Waals surface area contributed by atoms with E-state index in [2.05, 4.69) is 17.2 Å². The Morgan fingerprint density at radius 3 is 2.79 bits per heavy atom. The van der Waals surface area contributed by atoms with E-state index in [0.717, 1.165) is 42.8 Å². The lowest BCUT2D eigenvalue weighted by molar-refractivity contribution is -0.138. The van der Waals surface area contributed by atoms with Crippen LogP contribution in [0.5, 0.6) is 0 Å². The predicted octanol–water partition coefficient (Wildman–Crippen LogP) is 2.79. The van der Waals surface area contributed by atoms with Crippen LogP contribution in [0.1, 0.15) is 56.2 Å². The molecule has 1 N–H and O–H groups in total. The predicted molar refractivity (Wildman–Crippen MR) is 95.9 cm³/mol. The summed E-state index contributed by atoms with van der Waals surface area (Å²) in [6, 6.07) is -0.339. The van der Waals surface area contributed by atoms with Gasteiger partial charge in [0.05, 0.1) is 10.4 Å². The number of nitrogens with zero attached hydrogens (tertiary/aromatic N) is 2. The van der Waals surface area contributed by atoms with Crippen molar-refractivity contribution in [3.63, 3.8) is 0 Å². The van der Waals surface area contributed by atoms with E-state index < -0.39 is 0 Å². The van der Waals surface area contributed by atoms with Crippen LogP contribution in [0.15, 0.2) is 5.38 Å². The molecule has 0 bridgehead atoms. The van der Waals surface area contributed by atoms with Crippen molar-refractivity contribution in [2.75, 3.05) is 5.75 Å². The molecule has 5 nitrogen and oxygen atoms in total. The summed E-state index contributed by atoms with van der Waals surface area (Å²) in [4.78, 5) is 31.7. The molecule has 0 unspecified atom stereocenters.